The van der Waals surface area contributed by atoms with E-state index in [0.717, 1.165) is 5.75 Å². The van der Waals surface area contributed by atoms with E-state index >= 15 is 0 Å². The van der Waals surface area contributed by atoms with Crippen molar-refractivity contribution in [2.45, 2.75) is 30.1 Å². The topological polar surface area (TPSA) is 26.3 Å². The Morgan fingerprint density at radius 3 is 2.83 bits per heavy atom. The van der Waals surface area contributed by atoms with Gasteiger partial charge in [0.15, 0.2) is 0 Å². The van der Waals surface area contributed by atoms with Crippen molar-refractivity contribution in [1.29, 1.82) is 0 Å². The smallest absolute Gasteiger partial charge is 0.322 e. The molecule has 2 unspecified atom stereocenters. The fraction of sp³-hybridized carbons (Fsp3) is 0.875. The van der Waals surface area contributed by atoms with Crippen LogP contribution in [-0.4, -0.2) is 27.7 Å². The van der Waals surface area contributed by atoms with Gasteiger partial charge < -0.3 is 4.74 Å². The molecule has 70 valence electrons. The zero-order valence-corrected chi connectivity index (χ0v) is 9.26. The van der Waals surface area contributed by atoms with Gasteiger partial charge >= 0.3 is 5.97 Å². The van der Waals surface area contributed by atoms with Crippen molar-refractivity contribution in [2.75, 3.05) is 12.4 Å². The van der Waals surface area contributed by atoms with Gasteiger partial charge in [0.05, 0.1) is 6.61 Å². The van der Waals surface area contributed by atoms with Crippen molar-refractivity contribution < 1.29 is 9.53 Å². The van der Waals surface area contributed by atoms with E-state index in [9.17, 15) is 4.79 Å². The summed E-state index contributed by atoms with van der Waals surface area (Å²) in [7, 11) is 0. The Labute approximate surface area is 81.8 Å². The maximum absolute atomic E-state index is 11.5. The SMILES string of the molecule is CCOC(=O)C1(C)CSC(C)S1. The van der Waals surface area contributed by atoms with E-state index in [2.05, 4.69) is 6.92 Å². The molecule has 1 fully saturated rings. The lowest BCUT2D eigenvalue weighted by Crippen LogP contribution is -2.33. The first-order chi connectivity index (χ1) is 5.58. The van der Waals surface area contributed by atoms with Crippen LogP contribution in [0.15, 0.2) is 0 Å². The van der Waals surface area contributed by atoms with Crippen LogP contribution in [0, 0.1) is 0 Å². The molecule has 0 aromatic carbocycles. The number of esters is 1. The number of ether oxygens (including phenoxy) is 1. The summed E-state index contributed by atoms with van der Waals surface area (Å²) in [5.74, 6) is 0.810. The Balaban J connectivity index is 2.54. The predicted molar refractivity (Wildman–Crippen MR) is 54.5 cm³/mol. The molecule has 0 radical (unpaired) electrons. The van der Waals surface area contributed by atoms with Gasteiger partial charge in [0.1, 0.15) is 4.75 Å². The highest BCUT2D eigenvalue weighted by Gasteiger charge is 2.42. The lowest BCUT2D eigenvalue weighted by Gasteiger charge is -2.19. The quantitative estimate of drug-likeness (QED) is 0.647. The molecule has 1 rings (SSSR count). The van der Waals surface area contributed by atoms with Crippen molar-refractivity contribution in [1.82, 2.24) is 0 Å². The predicted octanol–water partition coefficient (Wildman–Crippen LogP) is 2.13. The van der Waals surface area contributed by atoms with Crippen molar-refractivity contribution in [3.8, 4) is 0 Å². The van der Waals surface area contributed by atoms with E-state index in [1.165, 1.54) is 0 Å². The Kier molecular flexibility index (Phi) is 3.35. The number of rotatable bonds is 2. The molecular weight excluding hydrogens is 192 g/mol. The van der Waals surface area contributed by atoms with Crippen molar-refractivity contribution in [3.05, 3.63) is 0 Å². The zero-order chi connectivity index (χ0) is 9.19. The van der Waals surface area contributed by atoms with Gasteiger partial charge in [0.2, 0.25) is 0 Å². The van der Waals surface area contributed by atoms with Crippen LogP contribution in [0.2, 0.25) is 0 Å². The molecule has 0 bridgehead atoms. The van der Waals surface area contributed by atoms with Gasteiger partial charge in [-0.1, -0.05) is 0 Å². The van der Waals surface area contributed by atoms with Gasteiger partial charge in [0.25, 0.3) is 0 Å². The van der Waals surface area contributed by atoms with Crippen LogP contribution < -0.4 is 0 Å². The number of hydrogen-bond donors (Lipinski definition) is 0. The van der Waals surface area contributed by atoms with Crippen LogP contribution in [0.3, 0.4) is 0 Å². The Hall–Kier alpha value is 0.170. The molecule has 1 aliphatic heterocycles. The van der Waals surface area contributed by atoms with Crippen LogP contribution in [0.1, 0.15) is 20.8 Å². The fourth-order valence-corrected chi connectivity index (χ4v) is 4.25. The third-order valence-electron chi connectivity index (χ3n) is 1.73. The summed E-state index contributed by atoms with van der Waals surface area (Å²) in [6, 6.07) is 0. The van der Waals surface area contributed by atoms with Crippen molar-refractivity contribution >= 4 is 29.5 Å². The van der Waals surface area contributed by atoms with E-state index in [1.807, 2.05) is 25.6 Å². The molecule has 0 aliphatic carbocycles. The minimum atomic E-state index is -0.305. The van der Waals surface area contributed by atoms with Gasteiger partial charge in [0, 0.05) is 10.3 Å². The molecule has 4 heteroatoms. The van der Waals surface area contributed by atoms with Crippen LogP contribution in [0.4, 0.5) is 0 Å². The molecule has 0 spiro atoms. The highest BCUT2D eigenvalue weighted by atomic mass is 32.2. The van der Waals surface area contributed by atoms with Gasteiger partial charge in [-0.2, -0.15) is 0 Å². The number of hydrogen-bond acceptors (Lipinski definition) is 4. The van der Waals surface area contributed by atoms with E-state index in [4.69, 9.17) is 4.74 Å². The van der Waals surface area contributed by atoms with Crippen molar-refractivity contribution in [3.63, 3.8) is 0 Å². The largest absolute Gasteiger partial charge is 0.465 e. The summed E-state index contributed by atoms with van der Waals surface area (Å²) in [5.41, 5.74) is 0. The van der Waals surface area contributed by atoms with Crippen LogP contribution in [-0.2, 0) is 9.53 Å². The average Bonchev–Trinajstić information content (AvgIpc) is 2.33. The molecule has 0 N–H and O–H groups in total. The molecule has 0 aromatic heterocycles. The first-order valence-corrected chi connectivity index (χ1v) is 5.98. The monoisotopic (exact) mass is 206 g/mol. The maximum Gasteiger partial charge on any atom is 0.322 e. The average molecular weight is 206 g/mol. The molecular formula is C8H14O2S2. The van der Waals surface area contributed by atoms with E-state index < -0.39 is 0 Å². The maximum atomic E-state index is 11.5. The third kappa shape index (κ3) is 2.10. The van der Waals surface area contributed by atoms with Crippen LogP contribution in [0.5, 0.6) is 0 Å². The molecule has 1 aliphatic rings. The molecule has 2 atom stereocenters. The van der Waals surface area contributed by atoms with Gasteiger partial charge in [-0.3, -0.25) is 4.79 Å². The molecule has 1 heterocycles. The summed E-state index contributed by atoms with van der Waals surface area (Å²) in [4.78, 5) is 11.5. The second kappa shape index (κ2) is 3.92. The molecule has 0 amide bonds. The Morgan fingerprint density at radius 1 is 1.75 bits per heavy atom. The Morgan fingerprint density at radius 2 is 2.42 bits per heavy atom. The molecule has 12 heavy (non-hydrogen) atoms. The second-order valence-electron chi connectivity index (χ2n) is 2.95. The van der Waals surface area contributed by atoms with Gasteiger partial charge in [-0.05, 0) is 20.8 Å². The van der Waals surface area contributed by atoms with E-state index in [0.29, 0.717) is 11.2 Å². The van der Waals surface area contributed by atoms with E-state index in [1.54, 1.807) is 11.8 Å². The summed E-state index contributed by atoms with van der Waals surface area (Å²) < 4.78 is 5.21. The number of carbonyl (C=O) groups excluding carboxylic acids is 1. The highest BCUT2D eigenvalue weighted by Crippen LogP contribution is 2.45. The number of carbonyl (C=O) groups is 1. The highest BCUT2D eigenvalue weighted by molar-refractivity contribution is 8.21. The first kappa shape index (κ1) is 10.3. The standard InChI is InChI=1S/C8H14O2S2/c1-4-10-7(9)8(3)5-11-6(2)12-8/h6H,4-5H2,1-3H3. The first-order valence-electron chi connectivity index (χ1n) is 4.05. The van der Waals surface area contributed by atoms with Crippen molar-refractivity contribution in [2.24, 2.45) is 0 Å². The molecule has 2 nitrogen and oxygen atoms in total. The second-order valence-corrected chi connectivity index (χ2v) is 6.42. The summed E-state index contributed by atoms with van der Waals surface area (Å²) in [5, 5.41) is 0. The third-order valence-corrected chi connectivity index (χ3v) is 4.98. The van der Waals surface area contributed by atoms with Crippen LogP contribution >= 0.6 is 23.5 Å². The number of thioether (sulfide) groups is 2. The molecule has 1 saturated heterocycles. The zero-order valence-electron chi connectivity index (χ0n) is 7.62. The lowest BCUT2D eigenvalue weighted by molar-refractivity contribution is -0.144. The van der Waals surface area contributed by atoms with Gasteiger partial charge in [-0.15, -0.1) is 23.5 Å². The molecule has 0 saturated carbocycles. The lowest BCUT2D eigenvalue weighted by atomic mass is 10.2. The summed E-state index contributed by atoms with van der Waals surface area (Å²) in [6.07, 6.45) is 0. The summed E-state index contributed by atoms with van der Waals surface area (Å²) >= 11 is 3.52. The summed E-state index contributed by atoms with van der Waals surface area (Å²) in [6.45, 7) is 6.41. The molecule has 0 aromatic rings. The Bertz CT molecular complexity index is 184. The minimum Gasteiger partial charge on any atom is -0.465 e. The normalized spacial score (nSPS) is 35.1. The minimum absolute atomic E-state index is 0.0631. The van der Waals surface area contributed by atoms with Crippen LogP contribution in [0.25, 0.3) is 0 Å². The van der Waals surface area contributed by atoms with E-state index in [-0.39, 0.29) is 10.7 Å². The van der Waals surface area contributed by atoms with Gasteiger partial charge in [-0.25, -0.2) is 0 Å². The fourth-order valence-electron chi connectivity index (χ4n) is 1.10.